The van der Waals surface area contributed by atoms with Crippen molar-refractivity contribution in [2.24, 2.45) is 0 Å². The van der Waals surface area contributed by atoms with Crippen molar-refractivity contribution in [3.05, 3.63) is 53.3 Å². The summed E-state index contributed by atoms with van der Waals surface area (Å²) in [6.45, 7) is 2.77. The summed E-state index contributed by atoms with van der Waals surface area (Å²) in [7, 11) is 0. The molecule has 1 aliphatic carbocycles. The van der Waals surface area contributed by atoms with Gasteiger partial charge in [0.05, 0.1) is 24.0 Å². The first-order valence-electron chi connectivity index (χ1n) is 7.17. The lowest BCUT2D eigenvalue weighted by atomic mass is 10.1. The number of hydrogen-bond donors (Lipinski definition) is 1. The summed E-state index contributed by atoms with van der Waals surface area (Å²) in [5.74, 6) is 0.0173. The highest BCUT2D eigenvalue weighted by atomic mass is 16.1. The number of aromatic nitrogens is 2. The second kappa shape index (κ2) is 5.49. The number of nitrogens with one attached hydrogen (secondary N) is 1. The molecule has 1 aromatic carbocycles. The van der Waals surface area contributed by atoms with E-state index in [9.17, 15) is 4.79 Å². The minimum absolute atomic E-state index is 0.0173. The highest BCUT2D eigenvalue weighted by Gasteiger charge is 2.25. The predicted octanol–water partition coefficient (Wildman–Crippen LogP) is 2.39. The third-order valence-corrected chi connectivity index (χ3v) is 3.62. The van der Waals surface area contributed by atoms with Gasteiger partial charge < -0.3 is 5.32 Å². The van der Waals surface area contributed by atoms with Crippen LogP contribution in [0.15, 0.2) is 36.5 Å². The molecular formula is C16H19N3O. The summed E-state index contributed by atoms with van der Waals surface area (Å²) < 4.78 is 1.93. The summed E-state index contributed by atoms with van der Waals surface area (Å²) >= 11 is 0. The summed E-state index contributed by atoms with van der Waals surface area (Å²) in [4.78, 5) is 12.2. The van der Waals surface area contributed by atoms with Crippen molar-refractivity contribution < 1.29 is 4.79 Å². The SMILES string of the molecule is CCc1c(C(=O)NC2CC2)cnn1Cc1ccccc1. The summed E-state index contributed by atoms with van der Waals surface area (Å²) in [6, 6.07) is 10.6. The fourth-order valence-corrected chi connectivity index (χ4v) is 2.36. The topological polar surface area (TPSA) is 46.9 Å². The van der Waals surface area contributed by atoms with E-state index in [1.165, 1.54) is 5.56 Å². The van der Waals surface area contributed by atoms with Gasteiger partial charge in [-0.25, -0.2) is 0 Å². The first-order valence-corrected chi connectivity index (χ1v) is 7.17. The Hall–Kier alpha value is -2.10. The van der Waals surface area contributed by atoms with E-state index < -0.39 is 0 Å². The number of benzene rings is 1. The fourth-order valence-electron chi connectivity index (χ4n) is 2.36. The Morgan fingerprint density at radius 1 is 1.35 bits per heavy atom. The standard InChI is InChI=1S/C16H19N3O/c1-2-15-14(16(20)18-13-8-9-13)10-17-19(15)11-12-6-4-3-5-7-12/h3-7,10,13H,2,8-9,11H2,1H3,(H,18,20). The van der Waals surface area contributed by atoms with Crippen LogP contribution in [0.25, 0.3) is 0 Å². The molecule has 0 aliphatic heterocycles. The van der Waals surface area contributed by atoms with Crippen molar-refractivity contribution in [3.8, 4) is 0 Å². The molecular weight excluding hydrogens is 250 g/mol. The number of carbonyl (C=O) groups excluding carboxylic acids is 1. The van der Waals surface area contributed by atoms with Gasteiger partial charge in [0.1, 0.15) is 0 Å². The molecule has 0 unspecified atom stereocenters. The molecule has 0 atom stereocenters. The van der Waals surface area contributed by atoms with E-state index in [0.717, 1.165) is 30.5 Å². The van der Waals surface area contributed by atoms with Crippen molar-refractivity contribution in [3.63, 3.8) is 0 Å². The summed E-state index contributed by atoms with van der Waals surface area (Å²) in [5.41, 5.74) is 2.92. The van der Waals surface area contributed by atoms with Crippen LogP contribution in [0.1, 0.15) is 41.4 Å². The van der Waals surface area contributed by atoms with Crippen molar-refractivity contribution in [2.75, 3.05) is 0 Å². The normalized spacial score (nSPS) is 14.2. The van der Waals surface area contributed by atoms with Gasteiger partial charge >= 0.3 is 0 Å². The van der Waals surface area contributed by atoms with Crippen LogP contribution < -0.4 is 5.32 Å². The van der Waals surface area contributed by atoms with Gasteiger partial charge in [0.25, 0.3) is 5.91 Å². The minimum atomic E-state index is 0.0173. The van der Waals surface area contributed by atoms with Crippen LogP contribution in [0.4, 0.5) is 0 Å². The highest BCUT2D eigenvalue weighted by molar-refractivity contribution is 5.95. The first kappa shape index (κ1) is 12.9. The Labute approximate surface area is 118 Å². The van der Waals surface area contributed by atoms with Crippen molar-refractivity contribution in [1.82, 2.24) is 15.1 Å². The largest absolute Gasteiger partial charge is 0.349 e. The fraction of sp³-hybridized carbons (Fsp3) is 0.375. The maximum absolute atomic E-state index is 12.2. The lowest BCUT2D eigenvalue weighted by molar-refractivity contribution is 0.0950. The zero-order valence-electron chi connectivity index (χ0n) is 11.7. The van der Waals surface area contributed by atoms with Gasteiger partial charge in [-0.1, -0.05) is 37.3 Å². The zero-order valence-corrected chi connectivity index (χ0v) is 11.7. The van der Waals surface area contributed by atoms with E-state index in [4.69, 9.17) is 0 Å². The van der Waals surface area contributed by atoms with E-state index in [2.05, 4.69) is 29.5 Å². The van der Waals surface area contributed by atoms with E-state index in [-0.39, 0.29) is 5.91 Å². The van der Waals surface area contributed by atoms with Crippen molar-refractivity contribution >= 4 is 5.91 Å². The number of amides is 1. The van der Waals surface area contributed by atoms with Gasteiger partial charge in [-0.15, -0.1) is 0 Å². The van der Waals surface area contributed by atoms with Gasteiger partial charge in [-0.05, 0) is 24.8 Å². The Morgan fingerprint density at radius 3 is 2.75 bits per heavy atom. The molecule has 1 heterocycles. The Balaban J connectivity index is 1.81. The molecule has 0 bridgehead atoms. The second-order valence-corrected chi connectivity index (χ2v) is 5.25. The van der Waals surface area contributed by atoms with E-state index >= 15 is 0 Å². The molecule has 0 saturated heterocycles. The maximum atomic E-state index is 12.2. The third-order valence-electron chi connectivity index (χ3n) is 3.62. The molecule has 4 heteroatoms. The maximum Gasteiger partial charge on any atom is 0.254 e. The molecule has 1 aliphatic rings. The number of rotatable bonds is 5. The predicted molar refractivity (Wildman–Crippen MR) is 77.6 cm³/mol. The monoisotopic (exact) mass is 269 g/mol. The number of carbonyl (C=O) groups is 1. The molecule has 1 fully saturated rings. The second-order valence-electron chi connectivity index (χ2n) is 5.25. The minimum Gasteiger partial charge on any atom is -0.349 e. The molecule has 1 N–H and O–H groups in total. The first-order chi connectivity index (χ1) is 9.78. The molecule has 1 saturated carbocycles. The van der Waals surface area contributed by atoms with E-state index in [1.54, 1.807) is 6.20 Å². The zero-order chi connectivity index (χ0) is 13.9. The lowest BCUT2D eigenvalue weighted by Crippen LogP contribution is -2.26. The highest BCUT2D eigenvalue weighted by Crippen LogP contribution is 2.20. The quantitative estimate of drug-likeness (QED) is 0.906. The van der Waals surface area contributed by atoms with Crippen LogP contribution in [0.3, 0.4) is 0 Å². The average molecular weight is 269 g/mol. The van der Waals surface area contributed by atoms with Crippen molar-refractivity contribution in [2.45, 2.75) is 38.8 Å². The molecule has 0 spiro atoms. The van der Waals surface area contributed by atoms with Gasteiger partial charge in [-0.3, -0.25) is 9.48 Å². The molecule has 104 valence electrons. The lowest BCUT2D eigenvalue weighted by Gasteiger charge is -2.08. The van der Waals surface area contributed by atoms with Crippen LogP contribution in [-0.4, -0.2) is 21.7 Å². The molecule has 1 amide bonds. The molecule has 4 nitrogen and oxygen atoms in total. The van der Waals surface area contributed by atoms with Gasteiger partial charge in [0.2, 0.25) is 0 Å². The van der Waals surface area contributed by atoms with E-state index in [0.29, 0.717) is 12.6 Å². The number of nitrogens with zero attached hydrogens (tertiary/aromatic N) is 2. The van der Waals surface area contributed by atoms with Crippen molar-refractivity contribution in [1.29, 1.82) is 0 Å². The summed E-state index contributed by atoms with van der Waals surface area (Å²) in [6.07, 6.45) is 4.70. The van der Waals surface area contributed by atoms with Crippen LogP contribution in [-0.2, 0) is 13.0 Å². The van der Waals surface area contributed by atoms with Crippen LogP contribution in [0, 0.1) is 0 Å². The van der Waals surface area contributed by atoms with E-state index in [1.807, 2.05) is 22.9 Å². The number of hydrogen-bond acceptors (Lipinski definition) is 2. The Bertz CT molecular complexity index is 599. The molecule has 0 radical (unpaired) electrons. The Kier molecular flexibility index (Phi) is 3.54. The average Bonchev–Trinajstić information content (AvgIpc) is 3.18. The van der Waals surface area contributed by atoms with Crippen LogP contribution >= 0.6 is 0 Å². The van der Waals surface area contributed by atoms with Gasteiger partial charge in [-0.2, -0.15) is 5.10 Å². The van der Waals surface area contributed by atoms with Gasteiger partial charge in [0.15, 0.2) is 0 Å². The molecule has 1 aromatic heterocycles. The molecule has 20 heavy (non-hydrogen) atoms. The van der Waals surface area contributed by atoms with Crippen LogP contribution in [0.2, 0.25) is 0 Å². The smallest absolute Gasteiger partial charge is 0.254 e. The third kappa shape index (κ3) is 2.74. The molecule has 3 rings (SSSR count). The van der Waals surface area contributed by atoms with Gasteiger partial charge in [0, 0.05) is 6.04 Å². The molecule has 2 aromatic rings. The summed E-state index contributed by atoms with van der Waals surface area (Å²) in [5, 5.41) is 7.42. The van der Waals surface area contributed by atoms with Crippen LogP contribution in [0.5, 0.6) is 0 Å². The Morgan fingerprint density at radius 2 is 2.10 bits per heavy atom.